The maximum atomic E-state index is 13.4. The van der Waals surface area contributed by atoms with Gasteiger partial charge in [-0.25, -0.2) is 13.2 Å². The second kappa shape index (κ2) is 8.34. The SMILES string of the molecule is CCOC(=O)C1(NC(=O)c2ccccc2)CCCN1S(=O)(=O)c1ccc(C)cc1. The van der Waals surface area contributed by atoms with E-state index < -0.39 is 27.6 Å². The van der Waals surface area contributed by atoms with E-state index in [1.54, 1.807) is 49.4 Å². The number of ether oxygens (including phenoxy) is 1. The lowest BCUT2D eigenvalue weighted by Gasteiger charge is -2.35. The van der Waals surface area contributed by atoms with E-state index in [0.717, 1.165) is 9.87 Å². The number of amides is 1. The second-order valence-electron chi connectivity index (χ2n) is 6.89. The molecule has 3 rings (SSSR count). The molecule has 2 aromatic rings. The van der Waals surface area contributed by atoms with Crippen LogP contribution in [0.3, 0.4) is 0 Å². The Morgan fingerprint density at radius 3 is 2.38 bits per heavy atom. The molecule has 1 fully saturated rings. The average Bonchev–Trinajstić information content (AvgIpc) is 3.15. The van der Waals surface area contributed by atoms with Gasteiger partial charge < -0.3 is 10.1 Å². The van der Waals surface area contributed by atoms with Crippen LogP contribution >= 0.6 is 0 Å². The third kappa shape index (κ3) is 4.04. The van der Waals surface area contributed by atoms with Crippen molar-refractivity contribution < 1.29 is 22.7 Å². The summed E-state index contributed by atoms with van der Waals surface area (Å²) >= 11 is 0. The van der Waals surface area contributed by atoms with Crippen molar-refractivity contribution in [3.63, 3.8) is 0 Å². The van der Waals surface area contributed by atoms with Gasteiger partial charge in [-0.2, -0.15) is 4.31 Å². The van der Waals surface area contributed by atoms with E-state index in [2.05, 4.69) is 5.32 Å². The highest BCUT2D eigenvalue weighted by Gasteiger charge is 2.55. The molecule has 1 N–H and O–H groups in total. The maximum absolute atomic E-state index is 13.4. The lowest BCUT2D eigenvalue weighted by atomic mass is 10.1. The van der Waals surface area contributed by atoms with Crippen LogP contribution in [0.25, 0.3) is 0 Å². The van der Waals surface area contributed by atoms with Crippen LogP contribution in [0, 0.1) is 6.92 Å². The second-order valence-corrected chi connectivity index (χ2v) is 8.76. The topological polar surface area (TPSA) is 92.8 Å². The summed E-state index contributed by atoms with van der Waals surface area (Å²) in [5, 5.41) is 2.66. The number of rotatable bonds is 6. The predicted molar refractivity (Wildman–Crippen MR) is 108 cm³/mol. The molecule has 0 spiro atoms. The zero-order valence-electron chi connectivity index (χ0n) is 16.4. The molecule has 0 aromatic heterocycles. The van der Waals surface area contributed by atoms with Crippen LogP contribution in [0.2, 0.25) is 0 Å². The zero-order valence-corrected chi connectivity index (χ0v) is 17.2. The van der Waals surface area contributed by atoms with Gasteiger partial charge in [-0.3, -0.25) is 4.79 Å². The fraction of sp³-hybridized carbons (Fsp3) is 0.333. The minimum atomic E-state index is -4.04. The zero-order chi connectivity index (χ0) is 21.1. The Bertz CT molecular complexity index is 989. The summed E-state index contributed by atoms with van der Waals surface area (Å²) in [6, 6.07) is 14.7. The highest BCUT2D eigenvalue weighted by molar-refractivity contribution is 7.89. The highest BCUT2D eigenvalue weighted by atomic mass is 32.2. The van der Waals surface area contributed by atoms with E-state index in [-0.39, 0.29) is 24.5 Å². The third-order valence-electron chi connectivity index (χ3n) is 4.90. The Kier molecular flexibility index (Phi) is 6.04. The van der Waals surface area contributed by atoms with Crippen molar-refractivity contribution in [2.75, 3.05) is 13.2 Å². The van der Waals surface area contributed by atoms with E-state index in [1.807, 2.05) is 6.92 Å². The molecular formula is C21H24N2O5S. The largest absolute Gasteiger partial charge is 0.463 e. The molecular weight excluding hydrogens is 392 g/mol. The molecule has 29 heavy (non-hydrogen) atoms. The Morgan fingerprint density at radius 2 is 1.76 bits per heavy atom. The summed E-state index contributed by atoms with van der Waals surface area (Å²) in [6.45, 7) is 3.66. The van der Waals surface area contributed by atoms with Gasteiger partial charge in [0.25, 0.3) is 5.91 Å². The van der Waals surface area contributed by atoms with Gasteiger partial charge >= 0.3 is 5.97 Å². The smallest absolute Gasteiger partial charge is 0.348 e. The van der Waals surface area contributed by atoms with Gasteiger partial charge in [-0.05, 0) is 51.0 Å². The molecule has 0 saturated carbocycles. The lowest BCUT2D eigenvalue weighted by Crippen LogP contribution is -2.64. The number of esters is 1. The Morgan fingerprint density at radius 1 is 1.10 bits per heavy atom. The molecule has 1 unspecified atom stereocenters. The van der Waals surface area contributed by atoms with Gasteiger partial charge in [-0.15, -0.1) is 0 Å². The molecule has 1 atom stereocenters. The lowest BCUT2D eigenvalue weighted by molar-refractivity contribution is -0.154. The fourth-order valence-corrected chi connectivity index (χ4v) is 5.16. The summed E-state index contributed by atoms with van der Waals surface area (Å²) < 4.78 is 33.0. The number of aryl methyl sites for hydroxylation is 1. The van der Waals surface area contributed by atoms with Gasteiger partial charge in [0.1, 0.15) is 0 Å². The molecule has 0 bridgehead atoms. The van der Waals surface area contributed by atoms with Gasteiger partial charge in [-0.1, -0.05) is 35.9 Å². The van der Waals surface area contributed by atoms with Crippen molar-refractivity contribution in [2.45, 2.75) is 37.2 Å². The molecule has 0 aliphatic carbocycles. The number of benzene rings is 2. The first kappa shape index (κ1) is 21.0. The van der Waals surface area contributed by atoms with E-state index in [4.69, 9.17) is 4.74 Å². The molecule has 1 aliphatic rings. The monoisotopic (exact) mass is 416 g/mol. The molecule has 7 nitrogen and oxygen atoms in total. The van der Waals surface area contributed by atoms with Gasteiger partial charge in [0.05, 0.1) is 11.5 Å². The number of hydrogen-bond donors (Lipinski definition) is 1. The average molecular weight is 416 g/mol. The van der Waals surface area contributed by atoms with E-state index in [0.29, 0.717) is 12.0 Å². The summed E-state index contributed by atoms with van der Waals surface area (Å²) in [6.07, 6.45) is 0.550. The normalized spacial score (nSPS) is 19.7. The maximum Gasteiger partial charge on any atom is 0.348 e. The summed E-state index contributed by atoms with van der Waals surface area (Å²) in [7, 11) is -4.04. The summed E-state index contributed by atoms with van der Waals surface area (Å²) in [5.41, 5.74) is -0.540. The minimum Gasteiger partial charge on any atom is -0.463 e. The van der Waals surface area contributed by atoms with Crippen molar-refractivity contribution in [3.8, 4) is 0 Å². The molecule has 154 valence electrons. The van der Waals surface area contributed by atoms with Crippen LogP contribution < -0.4 is 5.32 Å². The Hall–Kier alpha value is -2.71. The number of carbonyl (C=O) groups excluding carboxylic acids is 2. The first-order valence-corrected chi connectivity index (χ1v) is 10.9. The van der Waals surface area contributed by atoms with Crippen LogP contribution in [-0.2, 0) is 19.6 Å². The third-order valence-corrected chi connectivity index (χ3v) is 6.85. The van der Waals surface area contributed by atoms with Crippen molar-refractivity contribution in [2.24, 2.45) is 0 Å². The van der Waals surface area contributed by atoms with Crippen molar-refractivity contribution in [3.05, 3.63) is 65.7 Å². The van der Waals surface area contributed by atoms with Gasteiger partial charge in [0, 0.05) is 12.1 Å². The summed E-state index contributed by atoms with van der Waals surface area (Å²) in [5.74, 6) is -1.32. The Labute approximate surface area is 170 Å². The first-order valence-electron chi connectivity index (χ1n) is 9.45. The minimum absolute atomic E-state index is 0.0626. The van der Waals surface area contributed by atoms with Crippen LogP contribution in [0.5, 0.6) is 0 Å². The van der Waals surface area contributed by atoms with Crippen LogP contribution in [0.15, 0.2) is 59.5 Å². The number of carbonyl (C=O) groups is 2. The highest BCUT2D eigenvalue weighted by Crippen LogP contribution is 2.34. The molecule has 1 heterocycles. The fourth-order valence-electron chi connectivity index (χ4n) is 3.44. The number of nitrogens with zero attached hydrogens (tertiary/aromatic N) is 1. The predicted octanol–water partition coefficient (Wildman–Crippen LogP) is 2.47. The quantitative estimate of drug-likeness (QED) is 0.731. The van der Waals surface area contributed by atoms with Crippen molar-refractivity contribution in [1.29, 1.82) is 0 Å². The van der Waals surface area contributed by atoms with Crippen LogP contribution in [0.1, 0.15) is 35.7 Å². The van der Waals surface area contributed by atoms with E-state index in [1.165, 1.54) is 12.1 Å². The van der Waals surface area contributed by atoms with Gasteiger partial charge in [0.2, 0.25) is 15.7 Å². The number of nitrogens with one attached hydrogen (secondary N) is 1. The van der Waals surface area contributed by atoms with Crippen molar-refractivity contribution >= 4 is 21.9 Å². The summed E-state index contributed by atoms with van der Waals surface area (Å²) in [4.78, 5) is 25.8. The molecule has 8 heteroatoms. The number of hydrogen-bond acceptors (Lipinski definition) is 5. The molecule has 1 aliphatic heterocycles. The van der Waals surface area contributed by atoms with Crippen LogP contribution in [-0.4, -0.2) is 43.4 Å². The van der Waals surface area contributed by atoms with E-state index in [9.17, 15) is 18.0 Å². The number of sulfonamides is 1. The molecule has 2 aromatic carbocycles. The van der Waals surface area contributed by atoms with Crippen molar-refractivity contribution in [1.82, 2.24) is 9.62 Å². The Balaban J connectivity index is 2.03. The standard InChI is InChI=1S/C21H24N2O5S/c1-3-28-20(25)21(22-19(24)17-8-5-4-6-9-17)14-7-15-23(21)29(26,27)18-12-10-16(2)11-13-18/h4-6,8-13H,3,7,14-15H2,1-2H3,(H,22,24). The van der Waals surface area contributed by atoms with Gasteiger partial charge in [0.15, 0.2) is 0 Å². The molecule has 1 saturated heterocycles. The molecule has 1 amide bonds. The molecule has 0 radical (unpaired) electrons. The first-order chi connectivity index (χ1) is 13.8. The van der Waals surface area contributed by atoms with Crippen LogP contribution in [0.4, 0.5) is 0 Å². The van der Waals surface area contributed by atoms with E-state index >= 15 is 0 Å².